The van der Waals surface area contributed by atoms with Crippen LogP contribution in [0.25, 0.3) is 22.4 Å². The third kappa shape index (κ3) is 5.39. The Labute approximate surface area is 232 Å². The summed E-state index contributed by atoms with van der Waals surface area (Å²) in [6.45, 7) is 1.07. The summed E-state index contributed by atoms with van der Waals surface area (Å²) in [5.41, 5.74) is 16.0. The number of amides is 2. The minimum atomic E-state index is -0.455. The number of benzene rings is 2. The summed E-state index contributed by atoms with van der Waals surface area (Å²) in [7, 11) is 0. The van der Waals surface area contributed by atoms with E-state index in [0.717, 1.165) is 19.3 Å². The molecule has 9 nitrogen and oxygen atoms in total. The predicted molar refractivity (Wildman–Crippen MR) is 154 cm³/mol. The average molecular weight is 532 g/mol. The van der Waals surface area contributed by atoms with Gasteiger partial charge in [-0.2, -0.15) is 5.26 Å². The topological polar surface area (TPSA) is 151 Å². The Morgan fingerprint density at radius 1 is 1.02 bits per heavy atom. The van der Waals surface area contributed by atoms with Crippen molar-refractivity contribution in [2.45, 2.75) is 25.3 Å². The normalized spacial score (nSPS) is 14.8. The van der Waals surface area contributed by atoms with Crippen LogP contribution in [0.15, 0.2) is 79.1 Å². The van der Waals surface area contributed by atoms with Gasteiger partial charge in [0.1, 0.15) is 11.6 Å². The van der Waals surface area contributed by atoms with Crippen LogP contribution in [-0.4, -0.2) is 45.8 Å². The molecule has 1 aliphatic heterocycles. The molecule has 2 aromatic carbocycles. The van der Waals surface area contributed by atoms with Gasteiger partial charge in [-0.05, 0) is 61.2 Å². The molecule has 0 radical (unpaired) electrons. The van der Waals surface area contributed by atoms with E-state index in [0.29, 0.717) is 52.3 Å². The summed E-state index contributed by atoms with van der Waals surface area (Å²) >= 11 is 0. The molecule has 0 bridgehead atoms. The number of nitrogens with two attached hydrogens (primary N) is 2. The lowest BCUT2D eigenvalue weighted by atomic mass is 9.95. The molecule has 0 saturated carbocycles. The Kier molecular flexibility index (Phi) is 7.80. The fraction of sp³-hybridized carbons (Fsp3) is 0.194. The number of nitrogen functional groups attached to an aromatic ring is 1. The van der Waals surface area contributed by atoms with E-state index in [-0.39, 0.29) is 23.3 Å². The van der Waals surface area contributed by atoms with Gasteiger partial charge in [0.15, 0.2) is 5.82 Å². The van der Waals surface area contributed by atoms with E-state index < -0.39 is 5.91 Å². The second-order valence-corrected chi connectivity index (χ2v) is 9.64. The molecule has 1 unspecified atom stereocenters. The van der Waals surface area contributed by atoms with Crippen LogP contribution in [0.5, 0.6) is 0 Å². The molecule has 9 heteroatoms. The minimum Gasteiger partial charge on any atom is -0.398 e. The molecule has 1 saturated heterocycles. The summed E-state index contributed by atoms with van der Waals surface area (Å²) in [5.74, 6) is -0.464. The zero-order valence-corrected chi connectivity index (χ0v) is 21.9. The molecule has 5 N–H and O–H groups in total. The number of aromatic nitrogens is 2. The second kappa shape index (κ2) is 11.8. The third-order valence-electron chi connectivity index (χ3n) is 7.10. The number of anilines is 2. The van der Waals surface area contributed by atoms with Crippen LogP contribution in [0, 0.1) is 11.3 Å². The maximum atomic E-state index is 13.5. The summed E-state index contributed by atoms with van der Waals surface area (Å²) in [6, 6.07) is 21.6. The number of carbonyl (C=O) groups is 2. The van der Waals surface area contributed by atoms with E-state index in [9.17, 15) is 14.9 Å². The minimum absolute atomic E-state index is 0.00227. The fourth-order valence-corrected chi connectivity index (χ4v) is 5.02. The molecule has 40 heavy (non-hydrogen) atoms. The molecule has 0 spiro atoms. The van der Waals surface area contributed by atoms with Crippen LogP contribution in [0.2, 0.25) is 0 Å². The quantitative estimate of drug-likeness (QED) is 0.311. The Balaban J connectivity index is 1.62. The van der Waals surface area contributed by atoms with Crippen molar-refractivity contribution in [3.63, 3.8) is 0 Å². The Morgan fingerprint density at radius 3 is 2.60 bits per heavy atom. The number of likely N-dealkylation sites (tertiary alicyclic amines) is 1. The maximum absolute atomic E-state index is 13.5. The molecule has 2 amide bonds. The van der Waals surface area contributed by atoms with E-state index in [2.05, 4.69) is 21.4 Å². The number of hydrogen-bond donors (Lipinski definition) is 3. The number of para-hydroxylation sites is 1. The Morgan fingerprint density at radius 2 is 1.85 bits per heavy atom. The lowest BCUT2D eigenvalue weighted by Gasteiger charge is -2.35. The van der Waals surface area contributed by atoms with Crippen molar-refractivity contribution >= 4 is 23.3 Å². The molecule has 0 aliphatic carbocycles. The van der Waals surface area contributed by atoms with Crippen molar-refractivity contribution in [2.24, 2.45) is 5.73 Å². The van der Waals surface area contributed by atoms with E-state index in [1.807, 2.05) is 29.2 Å². The Hall–Kier alpha value is -5.07. The lowest BCUT2D eigenvalue weighted by molar-refractivity contribution is 0.0623. The van der Waals surface area contributed by atoms with Gasteiger partial charge in [-0.25, -0.2) is 4.98 Å². The van der Waals surface area contributed by atoms with Crippen LogP contribution < -0.4 is 16.8 Å². The number of nitriles is 1. The highest BCUT2D eigenvalue weighted by molar-refractivity contribution is 6.05. The molecule has 2 aromatic heterocycles. The van der Waals surface area contributed by atoms with Crippen LogP contribution in [0.4, 0.5) is 11.5 Å². The molecule has 1 atom stereocenters. The SMILES string of the molecule is N#Cc1c(-c2cccc(C(=O)N3CCCCC3CN)c2)cc(-c2ccccc2N)nc1NC(=O)c1cccnc1. The van der Waals surface area contributed by atoms with Crippen molar-refractivity contribution in [1.29, 1.82) is 5.26 Å². The first-order valence-electron chi connectivity index (χ1n) is 13.1. The Bertz CT molecular complexity index is 1600. The number of rotatable bonds is 6. The highest BCUT2D eigenvalue weighted by Gasteiger charge is 2.27. The van der Waals surface area contributed by atoms with Gasteiger partial charge in [0, 0.05) is 53.9 Å². The molecule has 3 heterocycles. The second-order valence-electron chi connectivity index (χ2n) is 9.64. The van der Waals surface area contributed by atoms with Crippen LogP contribution in [-0.2, 0) is 0 Å². The number of piperidine rings is 1. The van der Waals surface area contributed by atoms with Crippen molar-refractivity contribution < 1.29 is 9.59 Å². The molecule has 4 aromatic rings. The lowest BCUT2D eigenvalue weighted by Crippen LogP contribution is -2.47. The molecule has 5 rings (SSSR count). The average Bonchev–Trinajstić information content (AvgIpc) is 3.01. The van der Waals surface area contributed by atoms with Gasteiger partial charge < -0.3 is 21.7 Å². The van der Waals surface area contributed by atoms with E-state index in [4.69, 9.17) is 11.5 Å². The number of hydrogen-bond acceptors (Lipinski definition) is 7. The molecular formula is C31H29N7O2. The molecular weight excluding hydrogens is 502 g/mol. The van der Waals surface area contributed by atoms with Crippen LogP contribution >= 0.6 is 0 Å². The zero-order valence-electron chi connectivity index (χ0n) is 21.9. The molecule has 1 fully saturated rings. The first-order valence-corrected chi connectivity index (χ1v) is 13.1. The van der Waals surface area contributed by atoms with E-state index in [1.165, 1.54) is 6.20 Å². The van der Waals surface area contributed by atoms with Crippen LogP contribution in [0.3, 0.4) is 0 Å². The summed E-state index contributed by atoms with van der Waals surface area (Å²) < 4.78 is 0. The van der Waals surface area contributed by atoms with Crippen molar-refractivity contribution in [1.82, 2.24) is 14.9 Å². The monoisotopic (exact) mass is 531 g/mol. The van der Waals surface area contributed by atoms with E-state index >= 15 is 0 Å². The van der Waals surface area contributed by atoms with Gasteiger partial charge >= 0.3 is 0 Å². The van der Waals surface area contributed by atoms with Crippen molar-refractivity contribution in [3.05, 3.63) is 95.8 Å². The van der Waals surface area contributed by atoms with Crippen molar-refractivity contribution in [2.75, 3.05) is 24.1 Å². The van der Waals surface area contributed by atoms with Gasteiger partial charge in [-0.3, -0.25) is 14.6 Å². The van der Waals surface area contributed by atoms with E-state index in [1.54, 1.807) is 48.7 Å². The predicted octanol–water partition coefficient (Wildman–Crippen LogP) is 4.47. The van der Waals surface area contributed by atoms with Gasteiger partial charge in [-0.15, -0.1) is 0 Å². The highest BCUT2D eigenvalue weighted by atomic mass is 16.2. The van der Waals surface area contributed by atoms with Crippen LogP contribution in [0.1, 0.15) is 45.5 Å². The number of carbonyl (C=O) groups excluding carboxylic acids is 2. The first-order chi connectivity index (χ1) is 19.5. The number of nitrogens with zero attached hydrogens (tertiary/aromatic N) is 4. The first kappa shape index (κ1) is 26.5. The zero-order chi connectivity index (χ0) is 28.1. The fourth-order valence-electron chi connectivity index (χ4n) is 5.02. The van der Waals surface area contributed by atoms with Gasteiger partial charge in [0.25, 0.3) is 11.8 Å². The van der Waals surface area contributed by atoms with Gasteiger partial charge in [0.05, 0.1) is 11.3 Å². The smallest absolute Gasteiger partial charge is 0.258 e. The molecule has 1 aliphatic rings. The maximum Gasteiger partial charge on any atom is 0.258 e. The summed E-state index contributed by atoms with van der Waals surface area (Å²) in [5, 5.41) is 13.0. The van der Waals surface area contributed by atoms with Crippen molar-refractivity contribution in [3.8, 4) is 28.5 Å². The molecule has 200 valence electrons. The standard InChI is InChI=1S/C31H29N7O2/c32-17-23-10-3-4-14-38(23)31(40)21-8-5-7-20(15-21)25-16-28(24-11-1-2-12-27(24)34)36-29(26(25)18-33)37-30(39)22-9-6-13-35-19-22/h1-2,5-9,11-13,15-16,19,23H,3-4,10,14,17,32,34H2,(H,36,37,39). The third-order valence-corrected chi connectivity index (χ3v) is 7.10. The summed E-state index contributed by atoms with van der Waals surface area (Å²) in [4.78, 5) is 37.0. The van der Waals surface area contributed by atoms with Gasteiger partial charge in [0.2, 0.25) is 0 Å². The van der Waals surface area contributed by atoms with Gasteiger partial charge in [-0.1, -0.05) is 30.3 Å². The largest absolute Gasteiger partial charge is 0.398 e. The number of nitrogens with one attached hydrogen (secondary N) is 1. The number of pyridine rings is 2. The highest BCUT2D eigenvalue weighted by Crippen LogP contribution is 2.35. The summed E-state index contributed by atoms with van der Waals surface area (Å²) in [6.07, 6.45) is 5.87.